The first-order valence-corrected chi connectivity index (χ1v) is 15.1. The number of unbranched alkanes of at least 4 members (excludes halogenated alkanes) is 3. The zero-order valence-corrected chi connectivity index (χ0v) is 24.5. The van der Waals surface area contributed by atoms with Crippen molar-refractivity contribution in [2.75, 3.05) is 31.2 Å². The molecule has 8 nitrogen and oxygen atoms in total. The summed E-state index contributed by atoms with van der Waals surface area (Å²) in [5.41, 5.74) is -1.32. The topological polar surface area (TPSA) is 96.4 Å². The molecule has 2 aromatic rings. The lowest BCUT2D eigenvalue weighted by atomic mass is 9.66. The number of anilines is 1. The van der Waals surface area contributed by atoms with E-state index in [4.69, 9.17) is 9.47 Å². The first-order chi connectivity index (χ1) is 20.3. The molecule has 42 heavy (non-hydrogen) atoms. The van der Waals surface area contributed by atoms with Crippen molar-refractivity contribution in [3.63, 3.8) is 0 Å². The second-order valence-electron chi connectivity index (χ2n) is 11.9. The number of hydrogen-bond donors (Lipinski definition) is 1. The lowest BCUT2D eigenvalue weighted by Crippen LogP contribution is -2.56. The van der Waals surface area contributed by atoms with Crippen LogP contribution in [0.25, 0.3) is 10.8 Å². The number of allylic oxidation sites excluding steroid dienone is 1. The van der Waals surface area contributed by atoms with Crippen LogP contribution in [0.3, 0.4) is 0 Å². The molecule has 0 saturated carbocycles. The highest BCUT2D eigenvalue weighted by Gasteiger charge is 2.78. The molecule has 2 unspecified atom stereocenters. The fourth-order valence-corrected chi connectivity index (χ4v) is 7.29. The van der Waals surface area contributed by atoms with E-state index in [2.05, 4.69) is 13.2 Å². The van der Waals surface area contributed by atoms with E-state index in [1.165, 1.54) is 0 Å². The number of aliphatic hydroxyl groups is 1. The van der Waals surface area contributed by atoms with E-state index in [0.717, 1.165) is 23.6 Å². The fraction of sp³-hybridized carbons (Fsp3) is 0.500. The van der Waals surface area contributed by atoms with E-state index in [-0.39, 0.29) is 38.1 Å². The summed E-state index contributed by atoms with van der Waals surface area (Å²) < 4.78 is 12.4. The van der Waals surface area contributed by atoms with Gasteiger partial charge >= 0.3 is 5.97 Å². The van der Waals surface area contributed by atoms with E-state index in [1.807, 2.05) is 55.5 Å². The van der Waals surface area contributed by atoms with Crippen LogP contribution < -0.4 is 4.90 Å². The molecule has 2 amide bonds. The van der Waals surface area contributed by atoms with Crippen molar-refractivity contribution in [2.45, 2.75) is 69.1 Å². The van der Waals surface area contributed by atoms with Crippen molar-refractivity contribution < 1.29 is 29.0 Å². The summed E-state index contributed by atoms with van der Waals surface area (Å²) in [6.07, 6.45) is 8.01. The number of likely N-dealkylation sites (tertiary alicyclic amines) is 1. The van der Waals surface area contributed by atoms with Gasteiger partial charge in [0.15, 0.2) is 0 Å². The predicted octanol–water partition coefficient (Wildman–Crippen LogP) is 4.80. The molecule has 3 aliphatic heterocycles. The van der Waals surface area contributed by atoms with E-state index >= 15 is 0 Å². The minimum absolute atomic E-state index is 0.00965. The summed E-state index contributed by atoms with van der Waals surface area (Å²) in [6.45, 7) is 10.3. The number of amides is 2. The van der Waals surface area contributed by atoms with Crippen LogP contribution in [0.1, 0.15) is 51.9 Å². The van der Waals surface area contributed by atoms with Gasteiger partial charge in [-0.3, -0.25) is 14.4 Å². The number of rotatable bonds is 14. The van der Waals surface area contributed by atoms with Crippen molar-refractivity contribution in [3.8, 4) is 0 Å². The molecule has 0 radical (unpaired) electrons. The van der Waals surface area contributed by atoms with Gasteiger partial charge in [0.2, 0.25) is 5.91 Å². The predicted molar refractivity (Wildman–Crippen MR) is 162 cm³/mol. The quantitative estimate of drug-likeness (QED) is 0.198. The molecular formula is C34H42N2O6. The van der Waals surface area contributed by atoms with Gasteiger partial charge in [-0.05, 0) is 74.8 Å². The molecule has 1 spiro atoms. The van der Waals surface area contributed by atoms with Gasteiger partial charge < -0.3 is 24.4 Å². The lowest BCUT2D eigenvalue weighted by Gasteiger charge is -2.37. The van der Waals surface area contributed by atoms with Crippen molar-refractivity contribution in [1.82, 2.24) is 4.90 Å². The SMILES string of the molecule is C=CCCCCOC(=O)[C@H]1[C@H]2C(=O)N(CCCCO)C(C(=O)N(CC=C)c3ccc4ccccc4c3)C23CC[C@]1(C)O3. The van der Waals surface area contributed by atoms with Gasteiger partial charge in [-0.1, -0.05) is 42.5 Å². The highest BCUT2D eigenvalue weighted by atomic mass is 16.6. The zero-order chi connectivity index (χ0) is 29.9. The first kappa shape index (κ1) is 30.0. The maximum atomic E-state index is 14.7. The average Bonchev–Trinajstić information content (AvgIpc) is 3.56. The minimum Gasteiger partial charge on any atom is -0.465 e. The fourth-order valence-electron chi connectivity index (χ4n) is 7.29. The summed E-state index contributed by atoms with van der Waals surface area (Å²) in [7, 11) is 0. The number of carbonyl (C=O) groups is 3. The van der Waals surface area contributed by atoms with Crippen molar-refractivity contribution in [3.05, 3.63) is 67.8 Å². The Balaban J connectivity index is 1.49. The van der Waals surface area contributed by atoms with Gasteiger partial charge in [0.05, 0.1) is 18.1 Å². The van der Waals surface area contributed by atoms with Gasteiger partial charge in [-0.2, -0.15) is 0 Å². The Labute approximate surface area is 248 Å². The van der Waals surface area contributed by atoms with Gasteiger partial charge in [0.25, 0.3) is 5.91 Å². The Morgan fingerprint density at radius 1 is 1.10 bits per heavy atom. The molecular weight excluding hydrogens is 532 g/mol. The number of carbonyl (C=O) groups excluding carboxylic acids is 3. The molecule has 2 aromatic carbocycles. The summed E-state index contributed by atoms with van der Waals surface area (Å²) in [5.74, 6) is -2.53. The highest BCUT2D eigenvalue weighted by Crippen LogP contribution is 2.63. The molecule has 3 aliphatic rings. The Morgan fingerprint density at radius 2 is 1.88 bits per heavy atom. The molecule has 2 bridgehead atoms. The van der Waals surface area contributed by atoms with Crippen LogP contribution in [-0.2, 0) is 23.9 Å². The molecule has 8 heteroatoms. The van der Waals surface area contributed by atoms with Crippen LogP contribution >= 0.6 is 0 Å². The third-order valence-electron chi connectivity index (χ3n) is 9.24. The van der Waals surface area contributed by atoms with E-state index in [9.17, 15) is 19.5 Å². The molecule has 0 aromatic heterocycles. The van der Waals surface area contributed by atoms with Gasteiger partial charge in [-0.15, -0.1) is 13.2 Å². The van der Waals surface area contributed by atoms with Gasteiger partial charge in [0.1, 0.15) is 17.6 Å². The number of ether oxygens (including phenoxy) is 2. The Morgan fingerprint density at radius 3 is 2.62 bits per heavy atom. The summed E-state index contributed by atoms with van der Waals surface area (Å²) in [4.78, 5) is 45.7. The average molecular weight is 575 g/mol. The number of esters is 1. The summed E-state index contributed by atoms with van der Waals surface area (Å²) in [6, 6.07) is 12.9. The first-order valence-electron chi connectivity index (χ1n) is 15.1. The van der Waals surface area contributed by atoms with Crippen LogP contribution in [0.2, 0.25) is 0 Å². The zero-order valence-electron chi connectivity index (χ0n) is 24.5. The minimum atomic E-state index is -1.13. The molecule has 0 aliphatic carbocycles. The normalized spacial score (nSPS) is 27.7. The Kier molecular flexibility index (Phi) is 8.85. The smallest absolute Gasteiger partial charge is 0.312 e. The Hall–Kier alpha value is -3.49. The van der Waals surface area contributed by atoms with Gasteiger partial charge in [0, 0.05) is 25.4 Å². The van der Waals surface area contributed by atoms with Crippen molar-refractivity contribution in [1.29, 1.82) is 0 Å². The van der Waals surface area contributed by atoms with Crippen LogP contribution in [0.4, 0.5) is 5.69 Å². The van der Waals surface area contributed by atoms with Crippen molar-refractivity contribution >= 4 is 34.2 Å². The maximum Gasteiger partial charge on any atom is 0.312 e. The van der Waals surface area contributed by atoms with Gasteiger partial charge in [-0.25, -0.2) is 0 Å². The molecule has 3 fully saturated rings. The second-order valence-corrected chi connectivity index (χ2v) is 11.9. The van der Waals surface area contributed by atoms with E-state index < -0.39 is 35.0 Å². The van der Waals surface area contributed by atoms with E-state index in [0.29, 0.717) is 37.8 Å². The number of aliphatic hydroxyl groups excluding tert-OH is 1. The maximum absolute atomic E-state index is 14.7. The van der Waals surface area contributed by atoms with Crippen LogP contribution in [0.5, 0.6) is 0 Å². The molecule has 5 rings (SSSR count). The number of benzene rings is 2. The van der Waals surface area contributed by atoms with Crippen molar-refractivity contribution in [2.24, 2.45) is 11.8 Å². The van der Waals surface area contributed by atoms with Crippen LogP contribution in [0.15, 0.2) is 67.8 Å². The second kappa shape index (κ2) is 12.4. The molecule has 5 atom stereocenters. The molecule has 1 N–H and O–H groups in total. The lowest BCUT2D eigenvalue weighted by molar-refractivity contribution is -0.159. The Bertz CT molecular complexity index is 1360. The molecule has 3 saturated heterocycles. The monoisotopic (exact) mass is 574 g/mol. The summed E-state index contributed by atoms with van der Waals surface area (Å²) in [5, 5.41) is 11.5. The summed E-state index contributed by atoms with van der Waals surface area (Å²) >= 11 is 0. The van der Waals surface area contributed by atoms with Crippen LogP contribution in [-0.4, -0.2) is 71.3 Å². The largest absolute Gasteiger partial charge is 0.465 e. The number of hydrogen-bond acceptors (Lipinski definition) is 6. The standard InChI is InChI=1S/C34H42N2O6/c1-4-6-7-12-22-41-32(40)28-27-30(38)36(20-10-11-21-37)29(34(27)18-17-33(28,3)42-34)31(39)35(19-5-2)26-16-15-24-13-8-9-14-25(24)23-26/h4-5,8-9,13-16,23,27-29,37H,1-2,6-7,10-12,17-22H2,3H3/t27-,28+,29?,33-,34?/m0/s1. The number of fused-ring (bicyclic) bond motifs is 2. The molecule has 224 valence electrons. The highest BCUT2D eigenvalue weighted by molar-refractivity contribution is 6.05. The molecule has 3 heterocycles. The number of nitrogens with zero attached hydrogens (tertiary/aromatic N) is 2. The third-order valence-corrected chi connectivity index (χ3v) is 9.24. The van der Waals surface area contributed by atoms with Crippen LogP contribution in [0, 0.1) is 11.8 Å². The third kappa shape index (κ3) is 5.15. The van der Waals surface area contributed by atoms with E-state index in [1.54, 1.807) is 15.9 Å².